The van der Waals surface area contributed by atoms with Crippen LogP contribution in [-0.2, 0) is 20.9 Å². The van der Waals surface area contributed by atoms with Gasteiger partial charge in [0.15, 0.2) is 5.54 Å². The van der Waals surface area contributed by atoms with E-state index in [1.165, 1.54) is 0 Å². The zero-order valence-corrected chi connectivity index (χ0v) is 17.8. The number of carbonyl (C=O) groups is 3. The summed E-state index contributed by atoms with van der Waals surface area (Å²) in [5.41, 5.74) is 0.809. The number of amides is 2. The number of aryl methyl sites for hydroxylation is 1. The Balaban J connectivity index is 1.57. The lowest BCUT2D eigenvalue weighted by Gasteiger charge is -2.29. The molecular weight excluding hydrogens is 410 g/mol. The minimum absolute atomic E-state index is 0.138. The Bertz CT molecular complexity index is 1030. The number of nitrogens with zero attached hydrogens (tertiary/aromatic N) is 1. The number of aliphatic hydroxyl groups is 1. The van der Waals surface area contributed by atoms with Gasteiger partial charge in [0.2, 0.25) is 11.8 Å². The van der Waals surface area contributed by atoms with E-state index in [9.17, 15) is 24.6 Å². The topological polar surface area (TPSA) is 119 Å². The average molecular weight is 437 g/mol. The Kier molecular flexibility index (Phi) is 6.10. The van der Waals surface area contributed by atoms with Crippen LogP contribution in [0.25, 0.3) is 0 Å². The molecule has 2 fully saturated rings. The molecule has 2 aromatic carbocycles. The minimum Gasteiger partial charge on any atom is -0.480 e. The van der Waals surface area contributed by atoms with Crippen LogP contribution < -0.4 is 10.6 Å². The monoisotopic (exact) mass is 437 g/mol. The highest BCUT2D eigenvalue weighted by Crippen LogP contribution is 2.49. The van der Waals surface area contributed by atoms with Gasteiger partial charge in [-0.2, -0.15) is 0 Å². The van der Waals surface area contributed by atoms with Crippen LogP contribution in [0.2, 0.25) is 0 Å². The SMILES string of the molecule is Cc1ccccc1C1NC(CO)(C(=O)O)C2C(=O)N(CCNCc3ccccc3)C(=O)C12. The maximum atomic E-state index is 13.3. The molecule has 8 nitrogen and oxygen atoms in total. The summed E-state index contributed by atoms with van der Waals surface area (Å²) in [6.07, 6.45) is 0. The van der Waals surface area contributed by atoms with Gasteiger partial charge in [-0.3, -0.25) is 24.6 Å². The first kappa shape index (κ1) is 22.1. The van der Waals surface area contributed by atoms with Crippen LogP contribution >= 0.6 is 0 Å². The van der Waals surface area contributed by atoms with Gasteiger partial charge in [0.05, 0.1) is 18.4 Å². The molecule has 2 saturated heterocycles. The van der Waals surface area contributed by atoms with Gasteiger partial charge in [-0.15, -0.1) is 0 Å². The number of nitrogens with one attached hydrogen (secondary N) is 2. The Labute approximate surface area is 186 Å². The molecule has 4 N–H and O–H groups in total. The third-order valence-corrected chi connectivity index (χ3v) is 6.58. The number of carboxylic acid groups (broad SMARTS) is 1. The van der Waals surface area contributed by atoms with Crippen LogP contribution in [-0.4, -0.2) is 58.1 Å². The van der Waals surface area contributed by atoms with E-state index in [-0.39, 0.29) is 6.54 Å². The molecule has 2 heterocycles. The lowest BCUT2D eigenvalue weighted by atomic mass is 9.79. The fourth-order valence-electron chi connectivity index (χ4n) is 4.92. The highest BCUT2D eigenvalue weighted by Gasteiger charge is 2.68. The number of benzene rings is 2. The quantitative estimate of drug-likeness (QED) is 0.357. The number of likely N-dealkylation sites (tertiary alicyclic amines) is 1. The second-order valence-electron chi connectivity index (χ2n) is 8.41. The van der Waals surface area contributed by atoms with Crippen LogP contribution in [0, 0.1) is 18.8 Å². The molecule has 0 aromatic heterocycles. The van der Waals surface area contributed by atoms with Crippen LogP contribution in [0.4, 0.5) is 0 Å². The molecule has 4 unspecified atom stereocenters. The van der Waals surface area contributed by atoms with E-state index in [0.717, 1.165) is 21.6 Å². The number of carbonyl (C=O) groups excluding carboxylic acids is 2. The molecule has 4 atom stereocenters. The van der Waals surface area contributed by atoms with Crippen LogP contribution in [0.3, 0.4) is 0 Å². The molecular formula is C24H27N3O5. The lowest BCUT2D eigenvalue weighted by molar-refractivity contribution is -0.153. The molecule has 32 heavy (non-hydrogen) atoms. The van der Waals surface area contributed by atoms with Gasteiger partial charge in [-0.05, 0) is 23.6 Å². The van der Waals surface area contributed by atoms with Crippen LogP contribution in [0.15, 0.2) is 54.6 Å². The van der Waals surface area contributed by atoms with Gasteiger partial charge >= 0.3 is 5.97 Å². The molecule has 168 valence electrons. The van der Waals surface area contributed by atoms with Crippen LogP contribution in [0.5, 0.6) is 0 Å². The highest BCUT2D eigenvalue weighted by molar-refractivity contribution is 6.09. The molecule has 8 heteroatoms. The molecule has 0 spiro atoms. The van der Waals surface area contributed by atoms with Crippen molar-refractivity contribution in [3.63, 3.8) is 0 Å². The average Bonchev–Trinajstić information content (AvgIpc) is 3.27. The predicted octanol–water partition coefficient (Wildman–Crippen LogP) is 0.846. The van der Waals surface area contributed by atoms with Gasteiger partial charge in [-0.25, -0.2) is 0 Å². The van der Waals surface area contributed by atoms with E-state index in [4.69, 9.17) is 0 Å². The summed E-state index contributed by atoms with van der Waals surface area (Å²) >= 11 is 0. The van der Waals surface area contributed by atoms with Crippen molar-refractivity contribution < 1.29 is 24.6 Å². The largest absolute Gasteiger partial charge is 0.480 e. The number of hydrogen-bond donors (Lipinski definition) is 4. The van der Waals surface area contributed by atoms with Gasteiger partial charge in [0.25, 0.3) is 0 Å². The highest BCUT2D eigenvalue weighted by atomic mass is 16.4. The first-order valence-electron chi connectivity index (χ1n) is 10.7. The number of rotatable bonds is 8. The van der Waals surface area contributed by atoms with Crippen molar-refractivity contribution in [3.05, 3.63) is 71.3 Å². The van der Waals surface area contributed by atoms with E-state index in [1.54, 1.807) is 0 Å². The van der Waals surface area contributed by atoms with Crippen LogP contribution in [0.1, 0.15) is 22.7 Å². The lowest BCUT2D eigenvalue weighted by Crippen LogP contribution is -2.58. The molecule has 2 amide bonds. The zero-order valence-electron chi connectivity index (χ0n) is 17.8. The fraction of sp³-hybridized carbons (Fsp3) is 0.375. The summed E-state index contributed by atoms with van der Waals surface area (Å²) in [6, 6.07) is 16.4. The maximum Gasteiger partial charge on any atom is 0.327 e. The number of imide groups is 1. The molecule has 0 radical (unpaired) electrons. The Hall–Kier alpha value is -3.07. The standard InChI is InChI=1S/C24H27N3O5/c1-15-7-5-6-10-17(15)20-18-19(24(14-28,26-20)23(31)32)22(30)27(21(18)29)12-11-25-13-16-8-3-2-4-9-16/h2-10,18-20,25-26,28H,11-14H2,1H3,(H,31,32). The van der Waals surface area contributed by atoms with E-state index in [0.29, 0.717) is 13.1 Å². The predicted molar refractivity (Wildman–Crippen MR) is 116 cm³/mol. The number of aliphatic carboxylic acids is 1. The second kappa shape index (κ2) is 8.82. The van der Waals surface area contributed by atoms with Crippen molar-refractivity contribution in [3.8, 4) is 0 Å². The van der Waals surface area contributed by atoms with Crippen molar-refractivity contribution in [2.24, 2.45) is 11.8 Å². The number of carboxylic acids is 1. The van der Waals surface area contributed by atoms with Gasteiger partial charge in [0.1, 0.15) is 0 Å². The van der Waals surface area contributed by atoms with Gasteiger partial charge in [0, 0.05) is 25.7 Å². The second-order valence-corrected chi connectivity index (χ2v) is 8.41. The molecule has 0 aliphatic carbocycles. The third-order valence-electron chi connectivity index (χ3n) is 6.58. The normalized spacial score (nSPS) is 27.1. The molecule has 0 bridgehead atoms. The number of fused-ring (bicyclic) bond motifs is 1. The maximum absolute atomic E-state index is 13.3. The molecule has 0 saturated carbocycles. The molecule has 2 aliphatic rings. The Morgan fingerprint density at radius 3 is 2.44 bits per heavy atom. The fourth-order valence-corrected chi connectivity index (χ4v) is 4.92. The first-order chi connectivity index (χ1) is 15.4. The smallest absolute Gasteiger partial charge is 0.327 e. The molecule has 2 aromatic rings. The first-order valence-corrected chi connectivity index (χ1v) is 10.7. The number of aliphatic hydroxyl groups excluding tert-OH is 1. The summed E-state index contributed by atoms with van der Waals surface area (Å²) in [5.74, 6) is -4.35. The number of hydrogen-bond acceptors (Lipinski definition) is 6. The summed E-state index contributed by atoms with van der Waals surface area (Å²) in [7, 11) is 0. The Morgan fingerprint density at radius 2 is 1.78 bits per heavy atom. The van der Waals surface area contributed by atoms with Crippen molar-refractivity contribution in [2.75, 3.05) is 19.7 Å². The van der Waals surface area contributed by atoms with E-state index in [1.807, 2.05) is 61.5 Å². The summed E-state index contributed by atoms with van der Waals surface area (Å²) in [4.78, 5) is 40.0. The Morgan fingerprint density at radius 1 is 1.09 bits per heavy atom. The third kappa shape index (κ3) is 3.60. The minimum atomic E-state index is -1.91. The van der Waals surface area contributed by atoms with Gasteiger partial charge < -0.3 is 15.5 Å². The zero-order chi connectivity index (χ0) is 22.9. The molecule has 2 aliphatic heterocycles. The van der Waals surface area contributed by atoms with Crippen molar-refractivity contribution in [1.82, 2.24) is 15.5 Å². The van der Waals surface area contributed by atoms with Gasteiger partial charge in [-0.1, -0.05) is 54.6 Å². The van der Waals surface area contributed by atoms with Crippen molar-refractivity contribution >= 4 is 17.8 Å². The van der Waals surface area contributed by atoms with E-state index < -0.39 is 47.8 Å². The molecule has 4 rings (SSSR count). The van der Waals surface area contributed by atoms with Crippen molar-refractivity contribution in [1.29, 1.82) is 0 Å². The van der Waals surface area contributed by atoms with Crippen molar-refractivity contribution in [2.45, 2.75) is 25.0 Å². The van der Waals surface area contributed by atoms with E-state index >= 15 is 0 Å². The summed E-state index contributed by atoms with van der Waals surface area (Å²) in [5, 5.41) is 26.2. The summed E-state index contributed by atoms with van der Waals surface area (Å²) < 4.78 is 0. The van der Waals surface area contributed by atoms with E-state index in [2.05, 4.69) is 10.6 Å². The summed E-state index contributed by atoms with van der Waals surface area (Å²) in [6.45, 7) is 2.20.